The molecule has 3 amide bonds. The highest BCUT2D eigenvalue weighted by atomic mass is 79.9. The summed E-state index contributed by atoms with van der Waals surface area (Å²) in [5.41, 5.74) is -0.707. The number of hydrogen-bond donors (Lipinski definition) is 2. The summed E-state index contributed by atoms with van der Waals surface area (Å²) in [6.07, 6.45) is 3.31. The predicted molar refractivity (Wildman–Crippen MR) is 161 cm³/mol. The number of halogens is 2. The number of esters is 1. The minimum atomic E-state index is -1.28. The number of allylic oxidation sites excluding steroid dienone is 1. The standard InChI is InChI=1S/C30H37BrClN3O7/c1-4-6-8-22(37)33-17-18(3)41-29(40)23-24-27(38)35(14-7-15-36)26(30(24)16-21(31)25(23)42-30)28(39)34(13-5-2)20-11-9-19(32)10-12-20/h4-5,9-12,18,21,23-26,36H,1-2,6-8,13-17H2,3H3,(H,33,37)/t18-,21?,23+,24-,25+,26+,30-/m0/s1. The van der Waals surface area contributed by atoms with Crippen molar-refractivity contribution in [1.29, 1.82) is 0 Å². The number of ether oxygens (including phenoxy) is 2. The Balaban J connectivity index is 1.62. The molecule has 12 heteroatoms. The quantitative estimate of drug-likeness (QED) is 0.178. The number of rotatable bonds is 14. The van der Waals surface area contributed by atoms with Crippen LogP contribution < -0.4 is 10.2 Å². The average molecular weight is 667 g/mol. The van der Waals surface area contributed by atoms with Gasteiger partial charge in [0.15, 0.2) is 0 Å². The Hall–Kier alpha value is -2.73. The first-order valence-corrected chi connectivity index (χ1v) is 15.4. The van der Waals surface area contributed by atoms with Crippen molar-refractivity contribution in [2.75, 3.05) is 31.1 Å². The first kappa shape index (κ1) is 32.2. The van der Waals surface area contributed by atoms with Crippen LogP contribution in [0.1, 0.15) is 32.6 Å². The molecule has 42 heavy (non-hydrogen) atoms. The van der Waals surface area contributed by atoms with E-state index < -0.39 is 41.7 Å². The fourth-order valence-corrected chi connectivity index (χ4v) is 7.35. The van der Waals surface area contributed by atoms with E-state index in [-0.39, 0.29) is 61.6 Å². The maximum atomic E-state index is 14.4. The second-order valence-corrected chi connectivity index (χ2v) is 12.5. The maximum Gasteiger partial charge on any atom is 0.312 e. The van der Waals surface area contributed by atoms with Crippen molar-refractivity contribution >= 4 is 56.9 Å². The lowest BCUT2D eigenvalue weighted by atomic mass is 9.70. The minimum Gasteiger partial charge on any atom is -0.460 e. The molecule has 1 unspecified atom stereocenters. The Labute approximate surface area is 259 Å². The summed E-state index contributed by atoms with van der Waals surface area (Å²) >= 11 is 9.72. The molecule has 1 aromatic rings. The number of nitrogens with zero attached hydrogens (tertiary/aromatic N) is 2. The van der Waals surface area contributed by atoms with Crippen molar-refractivity contribution in [1.82, 2.24) is 10.2 Å². The number of hydrogen-bond acceptors (Lipinski definition) is 7. The fraction of sp³-hybridized carbons (Fsp3) is 0.533. The van der Waals surface area contributed by atoms with E-state index in [0.717, 1.165) is 0 Å². The van der Waals surface area contributed by atoms with Gasteiger partial charge in [0, 0.05) is 41.7 Å². The molecule has 3 aliphatic rings. The van der Waals surface area contributed by atoms with E-state index >= 15 is 0 Å². The number of benzene rings is 1. The van der Waals surface area contributed by atoms with Crippen molar-refractivity contribution < 1.29 is 33.8 Å². The zero-order valence-corrected chi connectivity index (χ0v) is 25.9. The largest absolute Gasteiger partial charge is 0.460 e. The molecule has 2 N–H and O–H groups in total. The van der Waals surface area contributed by atoms with Crippen LogP contribution in [0.2, 0.25) is 5.02 Å². The summed E-state index contributed by atoms with van der Waals surface area (Å²) in [6, 6.07) is 5.73. The van der Waals surface area contributed by atoms with Gasteiger partial charge in [-0.15, -0.1) is 13.2 Å². The van der Waals surface area contributed by atoms with Gasteiger partial charge in [-0.1, -0.05) is 39.7 Å². The molecule has 3 fully saturated rings. The normalized spacial score (nSPS) is 28.2. The van der Waals surface area contributed by atoms with Gasteiger partial charge < -0.3 is 29.7 Å². The summed E-state index contributed by atoms with van der Waals surface area (Å²) in [7, 11) is 0. The predicted octanol–water partition coefficient (Wildman–Crippen LogP) is 3.00. The summed E-state index contributed by atoms with van der Waals surface area (Å²) in [6.45, 7) is 9.28. The van der Waals surface area contributed by atoms with E-state index in [1.54, 1.807) is 43.3 Å². The number of fused-ring (bicyclic) bond motifs is 1. The smallest absolute Gasteiger partial charge is 0.312 e. The number of aliphatic hydroxyl groups is 1. The molecule has 3 aliphatic heterocycles. The number of aliphatic hydroxyl groups excluding tert-OH is 1. The van der Waals surface area contributed by atoms with Crippen LogP contribution in [-0.2, 0) is 28.7 Å². The number of amides is 3. The molecule has 0 radical (unpaired) electrons. The third-order valence-corrected chi connectivity index (χ3v) is 9.14. The molecular weight excluding hydrogens is 630 g/mol. The second-order valence-electron chi connectivity index (χ2n) is 10.9. The van der Waals surface area contributed by atoms with E-state index in [2.05, 4.69) is 34.4 Å². The molecule has 0 aromatic heterocycles. The van der Waals surface area contributed by atoms with Gasteiger partial charge in [0.1, 0.15) is 17.7 Å². The molecule has 4 rings (SSSR count). The van der Waals surface area contributed by atoms with Gasteiger partial charge in [0.05, 0.1) is 24.5 Å². The molecule has 0 aliphatic carbocycles. The number of anilines is 1. The Morgan fingerprint density at radius 1 is 1.31 bits per heavy atom. The lowest BCUT2D eigenvalue weighted by Crippen LogP contribution is -2.57. The Kier molecular flexibility index (Phi) is 10.5. The van der Waals surface area contributed by atoms with Gasteiger partial charge in [0.25, 0.3) is 5.91 Å². The van der Waals surface area contributed by atoms with Gasteiger partial charge in [-0.3, -0.25) is 19.2 Å². The van der Waals surface area contributed by atoms with E-state index in [0.29, 0.717) is 23.6 Å². The SMILES string of the molecule is C=CCCC(=O)NC[C@H](C)OC(=O)[C@H]1[C@@H]2O[C@@]3(CC2Br)[C@@H]1C(=O)N(CCCO)[C@@H]3C(=O)N(CC=C)c1ccc(Cl)cc1. The summed E-state index contributed by atoms with van der Waals surface area (Å²) < 4.78 is 12.2. The van der Waals surface area contributed by atoms with Gasteiger partial charge in [-0.05, 0) is 50.5 Å². The Morgan fingerprint density at radius 2 is 2.02 bits per heavy atom. The van der Waals surface area contributed by atoms with Crippen molar-refractivity contribution in [3.63, 3.8) is 0 Å². The molecule has 228 valence electrons. The van der Waals surface area contributed by atoms with E-state index in [9.17, 15) is 24.3 Å². The van der Waals surface area contributed by atoms with Gasteiger partial charge in [-0.25, -0.2) is 0 Å². The first-order valence-electron chi connectivity index (χ1n) is 14.1. The van der Waals surface area contributed by atoms with Gasteiger partial charge >= 0.3 is 5.97 Å². The highest BCUT2D eigenvalue weighted by molar-refractivity contribution is 9.09. The molecule has 1 aromatic carbocycles. The second kappa shape index (κ2) is 13.7. The van der Waals surface area contributed by atoms with Crippen molar-refractivity contribution in [2.45, 2.75) is 61.3 Å². The third-order valence-electron chi connectivity index (χ3n) is 8.05. The van der Waals surface area contributed by atoms with Crippen LogP contribution in [0, 0.1) is 11.8 Å². The van der Waals surface area contributed by atoms with Crippen molar-refractivity contribution in [2.24, 2.45) is 11.8 Å². The summed E-state index contributed by atoms with van der Waals surface area (Å²) in [4.78, 5) is 56.7. The zero-order valence-electron chi connectivity index (χ0n) is 23.5. The molecular formula is C30H37BrClN3O7. The Morgan fingerprint density at radius 3 is 2.67 bits per heavy atom. The van der Waals surface area contributed by atoms with E-state index in [1.807, 2.05) is 0 Å². The number of nitrogens with one attached hydrogen (secondary N) is 1. The van der Waals surface area contributed by atoms with Crippen LogP contribution in [0.3, 0.4) is 0 Å². The number of carbonyl (C=O) groups excluding carboxylic acids is 4. The van der Waals surface area contributed by atoms with Crippen LogP contribution in [0.4, 0.5) is 5.69 Å². The lowest BCUT2D eigenvalue weighted by molar-refractivity contribution is -0.159. The first-order chi connectivity index (χ1) is 20.1. The lowest BCUT2D eigenvalue weighted by Gasteiger charge is -2.37. The van der Waals surface area contributed by atoms with Gasteiger partial charge in [-0.2, -0.15) is 0 Å². The van der Waals surface area contributed by atoms with Gasteiger partial charge in [0.2, 0.25) is 11.8 Å². The molecule has 3 heterocycles. The highest BCUT2D eigenvalue weighted by Crippen LogP contribution is 2.60. The Bertz CT molecular complexity index is 1210. The van der Waals surface area contributed by atoms with Crippen molar-refractivity contribution in [3.8, 4) is 0 Å². The average Bonchev–Trinajstić information content (AvgIpc) is 3.55. The minimum absolute atomic E-state index is 0.114. The zero-order chi connectivity index (χ0) is 30.6. The van der Waals surface area contributed by atoms with Crippen LogP contribution in [0.15, 0.2) is 49.6 Å². The van der Waals surface area contributed by atoms with Crippen molar-refractivity contribution in [3.05, 3.63) is 54.6 Å². The molecule has 7 atom stereocenters. The van der Waals surface area contributed by atoms with E-state index in [1.165, 1.54) is 9.80 Å². The maximum absolute atomic E-state index is 14.4. The van der Waals surface area contributed by atoms with E-state index in [4.69, 9.17) is 21.1 Å². The molecule has 10 nitrogen and oxygen atoms in total. The van der Waals surface area contributed by atoms with Crippen LogP contribution in [0.25, 0.3) is 0 Å². The van der Waals surface area contributed by atoms with Crippen LogP contribution in [-0.4, -0.2) is 88.6 Å². The molecule has 3 saturated heterocycles. The third kappa shape index (κ3) is 6.15. The van der Waals surface area contributed by atoms with Crippen LogP contribution in [0.5, 0.6) is 0 Å². The number of likely N-dealkylation sites (tertiary alicyclic amines) is 1. The number of carbonyl (C=O) groups is 4. The van der Waals surface area contributed by atoms with Crippen LogP contribution >= 0.6 is 27.5 Å². The molecule has 2 bridgehead atoms. The highest BCUT2D eigenvalue weighted by Gasteiger charge is 2.77. The molecule has 0 saturated carbocycles. The fourth-order valence-electron chi connectivity index (χ4n) is 6.28. The topological polar surface area (TPSA) is 125 Å². The summed E-state index contributed by atoms with van der Waals surface area (Å²) in [5.74, 6) is -3.46. The molecule has 1 spiro atoms. The monoisotopic (exact) mass is 665 g/mol. The number of alkyl halides is 1. The summed E-state index contributed by atoms with van der Waals surface area (Å²) in [5, 5.41) is 12.8.